The summed E-state index contributed by atoms with van der Waals surface area (Å²) in [5.41, 5.74) is 0. The maximum Gasteiger partial charge on any atom is 0.0792 e. The molecule has 0 spiro atoms. The second-order valence-electron chi connectivity index (χ2n) is 2.02. The van der Waals surface area contributed by atoms with Gasteiger partial charge in [-0.2, -0.15) is 0 Å². The second kappa shape index (κ2) is 20.8. The first kappa shape index (κ1) is 25.4. The molecular weight excluding hydrogens is 282 g/mol. The van der Waals surface area contributed by atoms with E-state index in [1.54, 1.807) is 0 Å². The van der Waals surface area contributed by atoms with Gasteiger partial charge in [0.15, 0.2) is 0 Å². The van der Waals surface area contributed by atoms with Crippen molar-refractivity contribution in [3.63, 3.8) is 0 Å². The van der Waals surface area contributed by atoms with Gasteiger partial charge in [-0.05, 0) is 6.42 Å². The summed E-state index contributed by atoms with van der Waals surface area (Å²) in [6.07, 6.45) is -0.485. The Morgan fingerprint density at radius 2 is 1.00 bits per heavy atom. The summed E-state index contributed by atoms with van der Waals surface area (Å²) in [4.78, 5) is 24.8. The Balaban J connectivity index is -0.0000000825. The zero-order valence-electron chi connectivity index (χ0n) is 9.06. The van der Waals surface area contributed by atoms with Crippen molar-refractivity contribution in [1.82, 2.24) is 0 Å². The van der Waals surface area contributed by atoms with Crippen molar-refractivity contribution in [1.29, 1.82) is 0 Å². The van der Waals surface area contributed by atoms with Crippen LogP contribution in [0.3, 0.4) is 0 Å². The van der Waals surface area contributed by atoms with Gasteiger partial charge in [-0.25, -0.2) is 0 Å². The monoisotopic (exact) mass is 292 g/mol. The van der Waals surface area contributed by atoms with Crippen molar-refractivity contribution in [2.24, 2.45) is 0 Å². The molecule has 15 nitrogen and oxygen atoms in total. The summed E-state index contributed by atoms with van der Waals surface area (Å²) < 4.78 is 0. The number of aliphatic hydroxyl groups excluding tert-OH is 3. The van der Waals surface area contributed by atoms with Gasteiger partial charge in [-0.15, -0.1) is 0 Å². The Morgan fingerprint density at radius 3 is 1.05 bits per heavy atom. The van der Waals surface area contributed by atoms with Crippen LogP contribution in [0.15, 0.2) is 0 Å². The molecule has 0 bridgehead atoms. The van der Waals surface area contributed by atoms with Crippen molar-refractivity contribution >= 4 is 0 Å². The van der Waals surface area contributed by atoms with Gasteiger partial charge < -0.3 is 61.3 Å². The summed E-state index contributed by atoms with van der Waals surface area (Å²) in [5.74, 6) is 0. The molecular formula is C4H10N3O12-3. The van der Waals surface area contributed by atoms with Crippen molar-refractivity contribution in [2.75, 3.05) is 13.2 Å². The maximum atomic E-state index is 8.45. The quantitative estimate of drug-likeness (QED) is 0.376. The highest BCUT2D eigenvalue weighted by molar-refractivity contribution is 4.48. The molecule has 1 unspecified atom stereocenters. The largest absolute Gasteiger partial charge is 0.396 e. The van der Waals surface area contributed by atoms with Crippen LogP contribution in [0, 0.1) is 46.0 Å². The molecule has 0 amide bonds. The lowest BCUT2D eigenvalue weighted by Crippen LogP contribution is -2.12. The molecule has 0 aromatic heterocycles. The Kier molecular flexibility index (Phi) is 27.8. The van der Waals surface area contributed by atoms with E-state index in [0.29, 0.717) is 0 Å². The van der Waals surface area contributed by atoms with Crippen LogP contribution < -0.4 is 0 Å². The predicted molar refractivity (Wildman–Crippen MR) is 55.9 cm³/mol. The molecule has 0 aromatic rings. The van der Waals surface area contributed by atoms with Crippen molar-refractivity contribution < 1.29 is 30.6 Å². The summed E-state index contributed by atoms with van der Waals surface area (Å²) in [5, 5.41) is 68.9. The number of aliphatic hydroxyl groups is 3. The van der Waals surface area contributed by atoms with Gasteiger partial charge in [-0.3, -0.25) is 0 Å². The fourth-order valence-electron chi connectivity index (χ4n) is 0.240. The molecule has 0 heterocycles. The second-order valence-corrected chi connectivity index (χ2v) is 2.02. The third kappa shape index (κ3) is 457. The highest BCUT2D eigenvalue weighted by Gasteiger charge is 1.96. The van der Waals surface area contributed by atoms with E-state index in [1.165, 1.54) is 0 Å². The molecule has 0 saturated heterocycles. The Morgan fingerprint density at radius 1 is 0.789 bits per heavy atom. The minimum Gasteiger partial charge on any atom is -0.396 e. The Labute approximate surface area is 103 Å². The molecule has 0 radical (unpaired) electrons. The van der Waals surface area contributed by atoms with Crippen LogP contribution in [0.4, 0.5) is 0 Å². The highest BCUT2D eigenvalue weighted by atomic mass is 16.9. The van der Waals surface area contributed by atoms with Crippen LogP contribution in [0.1, 0.15) is 6.42 Å². The van der Waals surface area contributed by atoms with Crippen molar-refractivity contribution in [3.05, 3.63) is 46.0 Å². The minimum atomic E-state index is -1.75. The van der Waals surface area contributed by atoms with E-state index < -0.39 is 21.4 Å². The summed E-state index contributed by atoms with van der Waals surface area (Å²) in [7, 11) is 0. The molecule has 0 aliphatic heterocycles. The summed E-state index contributed by atoms with van der Waals surface area (Å²) in [6.45, 7) is -0.331. The summed E-state index contributed by atoms with van der Waals surface area (Å²) in [6, 6.07) is 0. The van der Waals surface area contributed by atoms with Crippen LogP contribution >= 0.6 is 0 Å². The van der Waals surface area contributed by atoms with E-state index in [2.05, 4.69) is 0 Å². The predicted octanol–water partition coefficient (Wildman–Crippen LogP) is -2.00. The fourth-order valence-corrected chi connectivity index (χ4v) is 0.240. The van der Waals surface area contributed by atoms with E-state index in [1.807, 2.05) is 0 Å². The van der Waals surface area contributed by atoms with Gasteiger partial charge in [0.1, 0.15) is 0 Å². The molecule has 0 saturated carbocycles. The van der Waals surface area contributed by atoms with Gasteiger partial charge in [0.2, 0.25) is 0 Å². The molecule has 116 valence electrons. The van der Waals surface area contributed by atoms with Crippen LogP contribution in [-0.2, 0) is 0 Å². The molecule has 0 aliphatic carbocycles. The lowest BCUT2D eigenvalue weighted by Gasteiger charge is -2.00. The fraction of sp³-hybridized carbons (Fsp3) is 1.00. The zero-order valence-corrected chi connectivity index (χ0v) is 9.06. The van der Waals surface area contributed by atoms with Crippen molar-refractivity contribution in [2.45, 2.75) is 12.5 Å². The van der Waals surface area contributed by atoms with E-state index in [9.17, 15) is 0 Å². The lowest BCUT2D eigenvalue weighted by molar-refractivity contribution is -0.403. The van der Waals surface area contributed by atoms with Gasteiger partial charge in [-0.1, -0.05) is 0 Å². The molecule has 0 rings (SSSR count). The van der Waals surface area contributed by atoms with Crippen LogP contribution in [0.2, 0.25) is 0 Å². The highest BCUT2D eigenvalue weighted by Crippen LogP contribution is 1.84. The van der Waals surface area contributed by atoms with E-state index in [4.69, 9.17) is 61.3 Å². The third-order valence-corrected chi connectivity index (χ3v) is 0.673. The minimum absolute atomic E-state index is 0.0677. The lowest BCUT2D eigenvalue weighted by atomic mass is 10.3. The zero-order chi connectivity index (χ0) is 16.4. The maximum absolute atomic E-state index is 8.45. The molecule has 15 heteroatoms. The van der Waals surface area contributed by atoms with Gasteiger partial charge in [0.05, 0.1) is 28.0 Å². The van der Waals surface area contributed by atoms with Gasteiger partial charge in [0.25, 0.3) is 0 Å². The van der Waals surface area contributed by atoms with Crippen LogP contribution in [-0.4, -0.2) is 49.9 Å². The first-order valence-electron chi connectivity index (χ1n) is 3.85. The molecule has 3 N–H and O–H groups in total. The summed E-state index contributed by atoms with van der Waals surface area (Å²) >= 11 is 0. The number of hydrogen-bond acceptors (Lipinski definition) is 12. The molecule has 0 aliphatic rings. The third-order valence-electron chi connectivity index (χ3n) is 0.673. The Bertz CT molecular complexity index is 192. The van der Waals surface area contributed by atoms with Crippen LogP contribution in [0.5, 0.6) is 0 Å². The molecule has 0 aromatic carbocycles. The number of nitrogens with zero attached hydrogens (tertiary/aromatic N) is 3. The standard InChI is InChI=1S/C4H10O3.3NO3/c5-2-1-4(7)3-6;3*2-1(3)4/h4-7H,1-3H2;;;/q;3*-1. The normalized spacial score (nSPS) is 9.00. The SMILES string of the molecule is O=[N+]([O-])[O-].O=[N+]([O-])[O-].O=[N+]([O-])[O-].OCCC(O)CO. The van der Waals surface area contributed by atoms with Crippen molar-refractivity contribution in [3.8, 4) is 0 Å². The van der Waals surface area contributed by atoms with E-state index in [-0.39, 0.29) is 19.6 Å². The molecule has 0 fully saturated rings. The molecule has 1 atom stereocenters. The topological polar surface area (TPSA) is 259 Å². The van der Waals surface area contributed by atoms with Gasteiger partial charge >= 0.3 is 0 Å². The number of hydrogen-bond donors (Lipinski definition) is 3. The van der Waals surface area contributed by atoms with E-state index >= 15 is 0 Å². The first-order chi connectivity index (χ1) is 8.50. The first-order valence-corrected chi connectivity index (χ1v) is 3.85. The van der Waals surface area contributed by atoms with E-state index in [0.717, 1.165) is 0 Å². The Hall–Kier alpha value is -2.52. The number of rotatable bonds is 3. The van der Waals surface area contributed by atoms with Crippen LogP contribution in [0.25, 0.3) is 0 Å². The average molecular weight is 292 g/mol. The molecule has 19 heavy (non-hydrogen) atoms. The average Bonchev–Trinajstić information content (AvgIpc) is 2.15. The van der Waals surface area contributed by atoms with Gasteiger partial charge in [0, 0.05) is 6.61 Å². The smallest absolute Gasteiger partial charge is 0.0792 e.